The van der Waals surface area contributed by atoms with E-state index in [-0.39, 0.29) is 18.7 Å². The summed E-state index contributed by atoms with van der Waals surface area (Å²) >= 11 is 0. The minimum absolute atomic E-state index is 0.121. The van der Waals surface area contributed by atoms with Gasteiger partial charge in [0, 0.05) is 6.42 Å². The zero-order chi connectivity index (χ0) is 24.5. The van der Waals surface area contributed by atoms with Crippen molar-refractivity contribution < 1.29 is 19.2 Å². The molecule has 178 valence electrons. The molecule has 1 atom stereocenters. The maximum absolute atomic E-state index is 13.2. The van der Waals surface area contributed by atoms with Crippen molar-refractivity contribution in [2.24, 2.45) is 0 Å². The second-order valence-electron chi connectivity index (χ2n) is 8.12. The van der Waals surface area contributed by atoms with Crippen molar-refractivity contribution >= 4 is 29.3 Å². The number of hydrogen-bond acceptors (Lipinski definition) is 4. The number of fused-ring (bicyclic) bond motifs is 1. The SMILES string of the molecule is CC.CC.CCCCCC[N+](C)(C)c1cccc2c1C(=O)N(C1CCC(=O)NC1=O)C2=O. The molecule has 1 aromatic rings. The molecule has 0 saturated carbocycles. The minimum atomic E-state index is -0.932. The van der Waals surface area contributed by atoms with Gasteiger partial charge in [0.1, 0.15) is 17.3 Å². The van der Waals surface area contributed by atoms with Crippen molar-refractivity contribution in [3.05, 3.63) is 29.3 Å². The summed E-state index contributed by atoms with van der Waals surface area (Å²) in [6.07, 6.45) is 4.78. The van der Waals surface area contributed by atoms with Crippen LogP contribution in [-0.2, 0) is 9.59 Å². The molecule has 4 amide bonds. The Morgan fingerprint density at radius 1 is 0.969 bits per heavy atom. The number of quaternary nitrogens is 1. The van der Waals surface area contributed by atoms with Gasteiger partial charge in [0.15, 0.2) is 0 Å². The first kappa shape index (κ1) is 27.5. The van der Waals surface area contributed by atoms with E-state index in [4.69, 9.17) is 0 Å². The first-order valence-corrected chi connectivity index (χ1v) is 12.0. The Bertz CT molecular complexity index is 832. The topological polar surface area (TPSA) is 83.6 Å². The average molecular weight is 447 g/mol. The van der Waals surface area contributed by atoms with E-state index in [1.165, 1.54) is 6.42 Å². The maximum Gasteiger partial charge on any atom is 0.268 e. The third kappa shape index (κ3) is 5.82. The van der Waals surface area contributed by atoms with E-state index in [0.29, 0.717) is 15.6 Å². The van der Waals surface area contributed by atoms with Gasteiger partial charge in [0.25, 0.3) is 11.8 Å². The Hall–Kier alpha value is -2.54. The Kier molecular flexibility index (Phi) is 10.7. The molecule has 2 heterocycles. The molecule has 7 nitrogen and oxygen atoms in total. The molecule has 1 unspecified atom stereocenters. The van der Waals surface area contributed by atoms with Crippen LogP contribution in [-0.4, -0.2) is 55.2 Å². The predicted octanol–water partition coefficient (Wildman–Crippen LogP) is 4.29. The van der Waals surface area contributed by atoms with Gasteiger partial charge in [-0.1, -0.05) is 53.5 Å². The summed E-state index contributed by atoms with van der Waals surface area (Å²) in [5.41, 5.74) is 1.52. The standard InChI is InChI=1S/C21H27N3O4.2C2H6/c1-4-5-6-7-13-24(2,3)16-10-8-9-14-18(16)21(28)23(20(14)27)15-11-12-17(25)22-19(15)26;2*1-2/h8-10,15H,4-7,11-13H2,1-3H3;2*1-2H3/p+1. The molecule has 0 spiro atoms. The normalized spacial score (nSPS) is 17.7. The third-order valence-electron chi connectivity index (χ3n) is 5.67. The number of hydrogen-bond donors (Lipinski definition) is 1. The molecule has 1 N–H and O–H groups in total. The second kappa shape index (κ2) is 12.5. The number of carbonyl (C=O) groups is 4. The highest BCUT2D eigenvalue weighted by Crippen LogP contribution is 2.36. The van der Waals surface area contributed by atoms with Gasteiger partial charge >= 0.3 is 0 Å². The van der Waals surface area contributed by atoms with E-state index >= 15 is 0 Å². The Balaban J connectivity index is 0.00000121. The van der Waals surface area contributed by atoms with Crippen LogP contribution < -0.4 is 9.80 Å². The Morgan fingerprint density at radius 2 is 1.62 bits per heavy atom. The van der Waals surface area contributed by atoms with E-state index in [0.717, 1.165) is 36.4 Å². The highest BCUT2D eigenvalue weighted by Gasteiger charge is 2.47. The molecule has 0 aliphatic carbocycles. The highest BCUT2D eigenvalue weighted by atomic mass is 16.2. The summed E-state index contributed by atoms with van der Waals surface area (Å²) in [6, 6.07) is 4.39. The lowest BCUT2D eigenvalue weighted by Crippen LogP contribution is -2.54. The molecule has 1 aromatic carbocycles. The summed E-state index contributed by atoms with van der Waals surface area (Å²) in [5.74, 6) is -1.85. The predicted molar refractivity (Wildman–Crippen MR) is 128 cm³/mol. The van der Waals surface area contributed by atoms with Gasteiger partial charge < -0.3 is 0 Å². The van der Waals surface area contributed by atoms with Gasteiger partial charge in [-0.25, -0.2) is 0 Å². The van der Waals surface area contributed by atoms with Crippen LogP contribution in [0.2, 0.25) is 0 Å². The van der Waals surface area contributed by atoms with Crippen LogP contribution in [0.5, 0.6) is 0 Å². The fraction of sp³-hybridized carbons (Fsp3) is 0.600. The molecule has 0 radical (unpaired) electrons. The Morgan fingerprint density at radius 3 is 2.22 bits per heavy atom. The molecule has 1 fully saturated rings. The number of unbranched alkanes of at least 4 members (excludes halogenated alkanes) is 3. The summed E-state index contributed by atoms with van der Waals surface area (Å²) < 4.78 is 0.495. The first-order valence-electron chi connectivity index (χ1n) is 12.0. The number of nitrogens with zero attached hydrogens (tertiary/aromatic N) is 2. The zero-order valence-corrected chi connectivity index (χ0v) is 20.8. The highest BCUT2D eigenvalue weighted by molar-refractivity contribution is 6.25. The smallest absolute Gasteiger partial charge is 0.268 e. The fourth-order valence-corrected chi connectivity index (χ4v) is 4.06. The summed E-state index contributed by atoms with van der Waals surface area (Å²) in [7, 11) is 4.07. The van der Waals surface area contributed by atoms with Gasteiger partial charge in [0.2, 0.25) is 11.8 Å². The van der Waals surface area contributed by atoms with Crippen molar-refractivity contribution in [3.63, 3.8) is 0 Å². The minimum Gasteiger partial charge on any atom is -0.295 e. The van der Waals surface area contributed by atoms with Crippen LogP contribution in [0.4, 0.5) is 5.69 Å². The molecule has 2 aliphatic heterocycles. The molecular weight excluding hydrogens is 406 g/mol. The third-order valence-corrected chi connectivity index (χ3v) is 5.67. The Labute approximate surface area is 192 Å². The van der Waals surface area contributed by atoms with Gasteiger partial charge in [-0.15, -0.1) is 0 Å². The van der Waals surface area contributed by atoms with Gasteiger partial charge in [-0.3, -0.25) is 33.9 Å². The van der Waals surface area contributed by atoms with Crippen LogP contribution in [0.25, 0.3) is 0 Å². The van der Waals surface area contributed by atoms with Crippen molar-refractivity contribution in [2.75, 3.05) is 20.6 Å². The number of rotatable bonds is 7. The molecule has 0 aromatic heterocycles. The number of benzene rings is 1. The lowest BCUT2D eigenvalue weighted by atomic mass is 10.0. The molecule has 0 bridgehead atoms. The molecule has 3 rings (SSSR count). The number of imide groups is 2. The summed E-state index contributed by atoms with van der Waals surface area (Å²) in [5, 5.41) is 2.23. The quantitative estimate of drug-likeness (QED) is 0.385. The zero-order valence-electron chi connectivity index (χ0n) is 20.8. The fourth-order valence-electron chi connectivity index (χ4n) is 4.06. The van der Waals surface area contributed by atoms with E-state index in [1.807, 2.05) is 47.9 Å². The van der Waals surface area contributed by atoms with Gasteiger partial charge in [-0.05, 0) is 31.4 Å². The molecule has 7 heteroatoms. The van der Waals surface area contributed by atoms with Crippen LogP contribution >= 0.6 is 0 Å². The van der Waals surface area contributed by atoms with E-state index in [1.54, 1.807) is 12.1 Å². The lowest BCUT2D eigenvalue weighted by molar-refractivity contribution is -0.136. The van der Waals surface area contributed by atoms with Crippen molar-refractivity contribution in [1.29, 1.82) is 0 Å². The average Bonchev–Trinajstić information content (AvgIpc) is 3.04. The number of carbonyl (C=O) groups excluding carboxylic acids is 4. The molecule has 1 saturated heterocycles. The van der Waals surface area contributed by atoms with Gasteiger partial charge in [0.05, 0.1) is 26.2 Å². The molecule has 2 aliphatic rings. The van der Waals surface area contributed by atoms with Crippen LogP contribution in [0.1, 0.15) is 93.9 Å². The second-order valence-corrected chi connectivity index (χ2v) is 8.12. The van der Waals surface area contributed by atoms with E-state index in [2.05, 4.69) is 12.2 Å². The summed E-state index contributed by atoms with van der Waals surface area (Å²) in [6.45, 7) is 11.0. The van der Waals surface area contributed by atoms with E-state index in [9.17, 15) is 19.2 Å². The van der Waals surface area contributed by atoms with Crippen LogP contribution in [0.15, 0.2) is 18.2 Å². The van der Waals surface area contributed by atoms with E-state index < -0.39 is 23.8 Å². The van der Waals surface area contributed by atoms with Crippen molar-refractivity contribution in [1.82, 2.24) is 14.7 Å². The monoisotopic (exact) mass is 446 g/mol. The number of nitrogens with one attached hydrogen (secondary N) is 1. The summed E-state index contributed by atoms with van der Waals surface area (Å²) in [4.78, 5) is 50.8. The lowest BCUT2D eigenvalue weighted by Gasteiger charge is -2.31. The largest absolute Gasteiger partial charge is 0.295 e. The molecular formula is C25H40N3O4+. The number of piperidine rings is 1. The number of amides is 4. The first-order chi connectivity index (χ1) is 15.3. The van der Waals surface area contributed by atoms with Crippen LogP contribution in [0.3, 0.4) is 0 Å². The van der Waals surface area contributed by atoms with Crippen molar-refractivity contribution in [2.45, 2.75) is 79.2 Å². The molecule has 32 heavy (non-hydrogen) atoms. The van der Waals surface area contributed by atoms with Crippen LogP contribution in [0, 0.1) is 0 Å². The maximum atomic E-state index is 13.2. The van der Waals surface area contributed by atoms with Crippen molar-refractivity contribution in [3.8, 4) is 0 Å². The van der Waals surface area contributed by atoms with Gasteiger partial charge in [-0.2, -0.15) is 0 Å².